The average Bonchev–Trinajstić information content (AvgIpc) is 3.13. The van der Waals surface area contributed by atoms with E-state index in [0.29, 0.717) is 17.2 Å². The van der Waals surface area contributed by atoms with E-state index in [4.69, 9.17) is 9.47 Å². The van der Waals surface area contributed by atoms with Gasteiger partial charge in [-0.05, 0) is 37.0 Å². The Kier molecular flexibility index (Phi) is 5.65. The summed E-state index contributed by atoms with van der Waals surface area (Å²) < 4.78 is 11.3. The molecule has 1 aromatic rings. The minimum atomic E-state index is -0.362. The van der Waals surface area contributed by atoms with Crippen molar-refractivity contribution in [1.82, 2.24) is 0 Å². The highest BCUT2D eigenvalue weighted by Gasteiger charge is 2.26. The number of hydrogen-bond donors (Lipinski definition) is 1. The number of hydrogen-bond acceptors (Lipinski definition) is 6. The van der Waals surface area contributed by atoms with Gasteiger partial charge in [0.1, 0.15) is 5.69 Å². The summed E-state index contributed by atoms with van der Waals surface area (Å²) in [5, 5.41) is 20.5. The summed E-state index contributed by atoms with van der Waals surface area (Å²) in [6.07, 6.45) is 2.99. The van der Waals surface area contributed by atoms with Crippen molar-refractivity contribution < 1.29 is 19.5 Å². The van der Waals surface area contributed by atoms with Crippen LogP contribution in [0.25, 0.3) is 0 Å². The molecule has 1 unspecified atom stereocenters. The molecule has 2 fully saturated rings. The van der Waals surface area contributed by atoms with Crippen molar-refractivity contribution >= 4 is 11.4 Å². The first kappa shape index (κ1) is 17.1. The topological polar surface area (TPSA) is 85.1 Å². The van der Waals surface area contributed by atoms with E-state index in [1.54, 1.807) is 12.1 Å². The van der Waals surface area contributed by atoms with E-state index >= 15 is 0 Å². The molecule has 0 radical (unpaired) electrons. The van der Waals surface area contributed by atoms with Gasteiger partial charge in [-0.15, -0.1) is 0 Å². The molecule has 24 heavy (non-hydrogen) atoms. The Morgan fingerprint density at radius 1 is 1.33 bits per heavy atom. The van der Waals surface area contributed by atoms with Gasteiger partial charge in [0.2, 0.25) is 0 Å². The van der Waals surface area contributed by atoms with Crippen molar-refractivity contribution in [3.05, 3.63) is 33.9 Å². The molecule has 7 nitrogen and oxygen atoms in total. The molecule has 7 heteroatoms. The van der Waals surface area contributed by atoms with Crippen LogP contribution >= 0.6 is 0 Å². The van der Waals surface area contributed by atoms with Crippen LogP contribution in [0.3, 0.4) is 0 Å². The highest BCUT2D eigenvalue weighted by Crippen LogP contribution is 2.32. The van der Waals surface area contributed by atoms with Crippen molar-refractivity contribution in [3.8, 4) is 0 Å². The fourth-order valence-electron chi connectivity index (χ4n) is 3.33. The zero-order valence-corrected chi connectivity index (χ0v) is 13.7. The van der Waals surface area contributed by atoms with E-state index < -0.39 is 0 Å². The number of piperidine rings is 1. The number of nitro groups is 1. The zero-order chi connectivity index (χ0) is 16.9. The normalized spacial score (nSPS) is 22.0. The average molecular weight is 336 g/mol. The van der Waals surface area contributed by atoms with Crippen LogP contribution < -0.4 is 4.90 Å². The molecule has 0 aromatic heterocycles. The lowest BCUT2D eigenvalue weighted by molar-refractivity contribution is -0.384. The summed E-state index contributed by atoms with van der Waals surface area (Å²) in [4.78, 5) is 12.9. The van der Waals surface area contributed by atoms with Crippen molar-refractivity contribution in [1.29, 1.82) is 0 Å². The van der Waals surface area contributed by atoms with Crippen LogP contribution in [-0.2, 0) is 16.1 Å². The van der Waals surface area contributed by atoms with Gasteiger partial charge in [-0.1, -0.05) is 0 Å². The van der Waals surface area contributed by atoms with E-state index in [-0.39, 0.29) is 23.3 Å². The highest BCUT2D eigenvalue weighted by atomic mass is 16.6. The van der Waals surface area contributed by atoms with Gasteiger partial charge >= 0.3 is 0 Å². The maximum absolute atomic E-state index is 11.3. The van der Waals surface area contributed by atoms with Gasteiger partial charge in [0, 0.05) is 31.7 Å². The second-order valence-electron chi connectivity index (χ2n) is 6.49. The summed E-state index contributed by atoms with van der Waals surface area (Å²) in [6.45, 7) is 3.69. The summed E-state index contributed by atoms with van der Waals surface area (Å²) in [6, 6.07) is 4.79. The molecule has 2 aliphatic heterocycles. The van der Waals surface area contributed by atoms with E-state index in [0.717, 1.165) is 52.2 Å². The molecular formula is C17H24N2O5. The van der Waals surface area contributed by atoms with Gasteiger partial charge in [0.05, 0.1) is 30.8 Å². The predicted molar refractivity (Wildman–Crippen MR) is 89.1 cm³/mol. The zero-order valence-electron chi connectivity index (χ0n) is 13.7. The van der Waals surface area contributed by atoms with Gasteiger partial charge in [-0.25, -0.2) is 0 Å². The molecule has 1 N–H and O–H groups in total. The molecule has 3 rings (SSSR count). The van der Waals surface area contributed by atoms with Gasteiger partial charge in [0.15, 0.2) is 0 Å². The number of nitro benzene ring substituents is 1. The first-order valence-corrected chi connectivity index (χ1v) is 8.50. The predicted octanol–water partition coefficient (Wildman–Crippen LogP) is 2.11. The minimum Gasteiger partial charge on any atom is -0.392 e. The second-order valence-corrected chi connectivity index (χ2v) is 6.49. The molecular weight excluding hydrogens is 312 g/mol. The van der Waals surface area contributed by atoms with E-state index in [1.807, 2.05) is 4.90 Å². The third-order valence-electron chi connectivity index (χ3n) is 4.79. The largest absolute Gasteiger partial charge is 0.392 e. The smallest absolute Gasteiger partial charge is 0.292 e. The fourth-order valence-corrected chi connectivity index (χ4v) is 3.33. The number of rotatable bonds is 6. The third-order valence-corrected chi connectivity index (χ3v) is 4.79. The van der Waals surface area contributed by atoms with Crippen molar-refractivity contribution in [2.75, 3.05) is 37.8 Å². The van der Waals surface area contributed by atoms with Crippen LogP contribution in [0.1, 0.15) is 24.8 Å². The number of aliphatic hydroxyl groups is 1. The van der Waals surface area contributed by atoms with Crippen LogP contribution in [0.5, 0.6) is 0 Å². The van der Waals surface area contributed by atoms with Crippen molar-refractivity contribution in [2.45, 2.75) is 32.0 Å². The molecule has 132 valence electrons. The Balaban J connectivity index is 1.58. The summed E-state index contributed by atoms with van der Waals surface area (Å²) in [5.74, 6) is 0.505. The Morgan fingerprint density at radius 3 is 2.75 bits per heavy atom. The number of ether oxygens (including phenoxy) is 2. The second kappa shape index (κ2) is 7.92. The van der Waals surface area contributed by atoms with Gasteiger partial charge < -0.3 is 19.5 Å². The van der Waals surface area contributed by atoms with Gasteiger partial charge in [0.25, 0.3) is 5.69 Å². The Labute approximate surface area is 141 Å². The Hall–Kier alpha value is -1.70. The molecule has 2 saturated heterocycles. The molecule has 0 saturated carbocycles. The van der Waals surface area contributed by atoms with E-state index in [9.17, 15) is 15.2 Å². The summed E-state index contributed by atoms with van der Waals surface area (Å²) in [7, 11) is 0. The van der Waals surface area contributed by atoms with Crippen LogP contribution in [0.2, 0.25) is 0 Å². The Morgan fingerprint density at radius 2 is 2.12 bits per heavy atom. The first-order valence-electron chi connectivity index (χ1n) is 8.50. The van der Waals surface area contributed by atoms with E-state index in [2.05, 4.69) is 0 Å². The SMILES string of the molecule is O=[N+]([O-])c1ccc(CO)cc1N1CCC(OCC2CCOC2)CC1. The van der Waals surface area contributed by atoms with Crippen LogP contribution in [0, 0.1) is 16.0 Å². The maximum Gasteiger partial charge on any atom is 0.292 e. The van der Waals surface area contributed by atoms with Crippen molar-refractivity contribution in [3.63, 3.8) is 0 Å². The number of benzene rings is 1. The monoisotopic (exact) mass is 336 g/mol. The molecule has 2 heterocycles. The standard InChI is InChI=1S/C17H24N2O5/c20-10-13-1-2-16(19(21)22)17(9-13)18-6-3-15(4-7-18)24-12-14-5-8-23-11-14/h1-2,9,14-15,20H,3-8,10-12H2. The molecule has 1 aromatic carbocycles. The first-order chi connectivity index (χ1) is 11.7. The molecule has 2 aliphatic rings. The van der Waals surface area contributed by atoms with Gasteiger partial charge in [-0.2, -0.15) is 0 Å². The van der Waals surface area contributed by atoms with E-state index in [1.165, 1.54) is 6.07 Å². The Bertz CT molecular complexity index is 566. The molecule has 0 aliphatic carbocycles. The van der Waals surface area contributed by atoms with Crippen LogP contribution in [-0.4, -0.2) is 49.0 Å². The van der Waals surface area contributed by atoms with Crippen LogP contribution in [0.15, 0.2) is 18.2 Å². The minimum absolute atomic E-state index is 0.0923. The van der Waals surface area contributed by atoms with Gasteiger partial charge in [-0.3, -0.25) is 10.1 Å². The van der Waals surface area contributed by atoms with Crippen LogP contribution in [0.4, 0.5) is 11.4 Å². The number of aliphatic hydroxyl groups excluding tert-OH is 1. The quantitative estimate of drug-likeness (QED) is 0.632. The lowest BCUT2D eigenvalue weighted by Crippen LogP contribution is -2.38. The summed E-state index contributed by atoms with van der Waals surface area (Å²) in [5.41, 5.74) is 1.37. The molecule has 0 spiro atoms. The third kappa shape index (κ3) is 4.03. The molecule has 0 bridgehead atoms. The number of nitrogens with zero attached hydrogens (tertiary/aromatic N) is 2. The lowest BCUT2D eigenvalue weighted by Gasteiger charge is -2.33. The highest BCUT2D eigenvalue weighted by molar-refractivity contribution is 5.64. The molecule has 0 amide bonds. The number of anilines is 1. The summed E-state index contributed by atoms with van der Waals surface area (Å²) >= 11 is 0. The molecule has 1 atom stereocenters. The maximum atomic E-state index is 11.3. The lowest BCUT2D eigenvalue weighted by atomic mass is 10.0. The van der Waals surface area contributed by atoms with Crippen molar-refractivity contribution in [2.24, 2.45) is 5.92 Å². The fraction of sp³-hybridized carbons (Fsp3) is 0.647.